The second kappa shape index (κ2) is 3.72. The maximum absolute atomic E-state index is 6.00. The standard InChI is InChI=1S/C9H8Cl2N4/c1-5-9(12)14-15(13-5)8-3-2-6(10)4-7(8)11/h2-4H,1H3,(H2,12,14). The summed E-state index contributed by atoms with van der Waals surface area (Å²) in [5.41, 5.74) is 6.92. The Morgan fingerprint density at radius 3 is 2.53 bits per heavy atom. The highest BCUT2D eigenvalue weighted by Crippen LogP contribution is 2.23. The summed E-state index contributed by atoms with van der Waals surface area (Å²) in [5.74, 6) is 0.390. The van der Waals surface area contributed by atoms with Gasteiger partial charge in [0.25, 0.3) is 0 Å². The minimum atomic E-state index is 0.390. The molecule has 0 amide bonds. The van der Waals surface area contributed by atoms with Crippen molar-refractivity contribution in [2.24, 2.45) is 0 Å². The lowest BCUT2D eigenvalue weighted by molar-refractivity contribution is 0.748. The minimum Gasteiger partial charge on any atom is -0.381 e. The van der Waals surface area contributed by atoms with Crippen molar-refractivity contribution >= 4 is 29.0 Å². The molecule has 2 rings (SSSR count). The second-order valence-electron chi connectivity index (χ2n) is 3.06. The molecule has 0 bridgehead atoms. The van der Waals surface area contributed by atoms with Crippen molar-refractivity contribution in [2.75, 3.05) is 5.73 Å². The summed E-state index contributed by atoms with van der Waals surface area (Å²) in [7, 11) is 0. The fourth-order valence-corrected chi connectivity index (χ4v) is 1.63. The van der Waals surface area contributed by atoms with Gasteiger partial charge in [-0.1, -0.05) is 23.2 Å². The van der Waals surface area contributed by atoms with Crippen LogP contribution >= 0.6 is 23.2 Å². The Bertz CT molecular complexity index is 487. The molecular formula is C9H8Cl2N4. The molecule has 1 heterocycles. The van der Waals surface area contributed by atoms with Crippen molar-refractivity contribution in [1.82, 2.24) is 15.0 Å². The van der Waals surface area contributed by atoms with Gasteiger partial charge in [-0.3, -0.25) is 0 Å². The van der Waals surface area contributed by atoms with E-state index in [9.17, 15) is 0 Å². The van der Waals surface area contributed by atoms with Crippen molar-refractivity contribution in [1.29, 1.82) is 0 Å². The fraction of sp³-hybridized carbons (Fsp3) is 0.111. The molecule has 4 nitrogen and oxygen atoms in total. The molecule has 15 heavy (non-hydrogen) atoms. The molecule has 78 valence electrons. The van der Waals surface area contributed by atoms with Crippen molar-refractivity contribution in [2.45, 2.75) is 6.92 Å². The van der Waals surface area contributed by atoms with Crippen LogP contribution in [0.2, 0.25) is 10.0 Å². The minimum absolute atomic E-state index is 0.390. The van der Waals surface area contributed by atoms with E-state index in [1.54, 1.807) is 25.1 Å². The highest BCUT2D eigenvalue weighted by atomic mass is 35.5. The first-order valence-corrected chi connectivity index (χ1v) is 4.98. The predicted octanol–water partition coefficient (Wildman–Crippen LogP) is 2.46. The van der Waals surface area contributed by atoms with Crippen LogP contribution in [0.25, 0.3) is 5.69 Å². The number of benzene rings is 1. The van der Waals surface area contributed by atoms with E-state index in [1.165, 1.54) is 4.80 Å². The van der Waals surface area contributed by atoms with Crippen molar-refractivity contribution in [3.05, 3.63) is 33.9 Å². The maximum Gasteiger partial charge on any atom is 0.169 e. The molecule has 0 aliphatic heterocycles. The molecule has 0 unspecified atom stereocenters. The van der Waals surface area contributed by atoms with E-state index >= 15 is 0 Å². The van der Waals surface area contributed by atoms with Gasteiger partial charge in [0, 0.05) is 5.02 Å². The maximum atomic E-state index is 6.00. The number of hydrogen-bond acceptors (Lipinski definition) is 3. The molecule has 0 saturated carbocycles. The molecule has 1 aromatic heterocycles. The molecule has 0 aliphatic carbocycles. The molecule has 0 aliphatic rings. The molecule has 0 atom stereocenters. The summed E-state index contributed by atoms with van der Waals surface area (Å²) in [4.78, 5) is 1.39. The van der Waals surface area contributed by atoms with Crippen LogP contribution in [-0.4, -0.2) is 15.0 Å². The normalized spacial score (nSPS) is 10.6. The third kappa shape index (κ3) is 1.91. The van der Waals surface area contributed by atoms with Gasteiger partial charge in [-0.05, 0) is 25.1 Å². The van der Waals surface area contributed by atoms with Crippen LogP contribution in [0.1, 0.15) is 5.69 Å². The molecule has 2 aromatic rings. The Morgan fingerprint density at radius 2 is 2.00 bits per heavy atom. The van der Waals surface area contributed by atoms with Crippen molar-refractivity contribution in [3.63, 3.8) is 0 Å². The SMILES string of the molecule is Cc1nn(-c2ccc(Cl)cc2Cl)nc1N. The van der Waals surface area contributed by atoms with Gasteiger partial charge in [-0.2, -0.15) is 5.10 Å². The van der Waals surface area contributed by atoms with Gasteiger partial charge >= 0.3 is 0 Å². The number of aromatic nitrogens is 3. The van der Waals surface area contributed by atoms with Crippen LogP contribution in [0, 0.1) is 6.92 Å². The fourth-order valence-electron chi connectivity index (χ4n) is 1.14. The summed E-state index contributed by atoms with van der Waals surface area (Å²) in [6.07, 6.45) is 0. The number of aryl methyl sites for hydroxylation is 1. The lowest BCUT2D eigenvalue weighted by Crippen LogP contribution is -2.00. The van der Waals surface area contributed by atoms with E-state index < -0.39 is 0 Å². The summed E-state index contributed by atoms with van der Waals surface area (Å²) in [6.45, 7) is 1.78. The number of nitrogens with two attached hydrogens (primary N) is 1. The average Bonchev–Trinajstić information content (AvgIpc) is 2.46. The zero-order valence-corrected chi connectivity index (χ0v) is 9.42. The number of halogens is 2. The van der Waals surface area contributed by atoms with Crippen LogP contribution in [0.3, 0.4) is 0 Å². The Hall–Kier alpha value is -1.26. The van der Waals surface area contributed by atoms with Crippen LogP contribution in [0.5, 0.6) is 0 Å². The average molecular weight is 243 g/mol. The van der Waals surface area contributed by atoms with E-state index in [2.05, 4.69) is 10.2 Å². The highest BCUT2D eigenvalue weighted by Gasteiger charge is 2.08. The molecular weight excluding hydrogens is 235 g/mol. The zero-order valence-electron chi connectivity index (χ0n) is 7.91. The smallest absolute Gasteiger partial charge is 0.169 e. The van der Waals surface area contributed by atoms with Crippen molar-refractivity contribution in [3.8, 4) is 5.69 Å². The first kappa shape index (κ1) is 10.3. The predicted molar refractivity (Wildman–Crippen MR) is 60.5 cm³/mol. The molecule has 0 spiro atoms. The Morgan fingerprint density at radius 1 is 1.27 bits per heavy atom. The number of anilines is 1. The monoisotopic (exact) mass is 242 g/mol. The van der Waals surface area contributed by atoms with Crippen LogP contribution < -0.4 is 5.73 Å². The first-order chi connectivity index (χ1) is 7.08. The van der Waals surface area contributed by atoms with Gasteiger partial charge in [0.05, 0.1) is 5.02 Å². The molecule has 0 saturated heterocycles. The molecule has 0 fully saturated rings. The third-order valence-corrected chi connectivity index (χ3v) is 2.48. The summed E-state index contributed by atoms with van der Waals surface area (Å²) in [5, 5.41) is 9.20. The highest BCUT2D eigenvalue weighted by molar-refractivity contribution is 6.35. The summed E-state index contributed by atoms with van der Waals surface area (Å²) >= 11 is 11.8. The van der Waals surface area contributed by atoms with Gasteiger partial charge in [-0.25, -0.2) is 0 Å². The van der Waals surface area contributed by atoms with Crippen molar-refractivity contribution < 1.29 is 0 Å². The first-order valence-electron chi connectivity index (χ1n) is 4.23. The van der Waals surface area contributed by atoms with Crippen LogP contribution in [0.4, 0.5) is 5.82 Å². The second-order valence-corrected chi connectivity index (χ2v) is 3.90. The van der Waals surface area contributed by atoms with E-state index in [1.807, 2.05) is 0 Å². The van der Waals surface area contributed by atoms with Gasteiger partial charge in [0.2, 0.25) is 0 Å². The van der Waals surface area contributed by atoms with Gasteiger partial charge in [0.15, 0.2) is 5.82 Å². The number of nitrogens with zero attached hydrogens (tertiary/aromatic N) is 3. The number of nitrogen functional groups attached to an aromatic ring is 1. The summed E-state index contributed by atoms with van der Waals surface area (Å²) < 4.78 is 0. The number of hydrogen-bond donors (Lipinski definition) is 1. The van der Waals surface area contributed by atoms with E-state index in [-0.39, 0.29) is 0 Å². The summed E-state index contributed by atoms with van der Waals surface area (Å²) in [6, 6.07) is 5.09. The zero-order chi connectivity index (χ0) is 11.0. The third-order valence-electron chi connectivity index (χ3n) is 1.94. The topological polar surface area (TPSA) is 56.7 Å². The van der Waals surface area contributed by atoms with Gasteiger partial charge in [-0.15, -0.1) is 9.90 Å². The quantitative estimate of drug-likeness (QED) is 0.836. The Balaban J connectivity index is 2.54. The van der Waals surface area contributed by atoms with E-state index in [0.717, 1.165) is 0 Å². The van der Waals surface area contributed by atoms with Gasteiger partial charge in [0.1, 0.15) is 11.4 Å². The van der Waals surface area contributed by atoms with E-state index in [0.29, 0.717) is 27.2 Å². The molecule has 2 N–H and O–H groups in total. The van der Waals surface area contributed by atoms with Crippen LogP contribution in [0.15, 0.2) is 18.2 Å². The Kier molecular flexibility index (Phi) is 2.54. The molecule has 0 radical (unpaired) electrons. The molecule has 1 aromatic carbocycles. The Labute approximate surface area is 96.6 Å². The van der Waals surface area contributed by atoms with Crippen LogP contribution in [-0.2, 0) is 0 Å². The number of rotatable bonds is 1. The van der Waals surface area contributed by atoms with E-state index in [4.69, 9.17) is 28.9 Å². The lowest BCUT2D eigenvalue weighted by atomic mass is 10.3. The largest absolute Gasteiger partial charge is 0.381 e. The van der Waals surface area contributed by atoms with Gasteiger partial charge < -0.3 is 5.73 Å². The molecule has 6 heteroatoms. The lowest BCUT2D eigenvalue weighted by Gasteiger charge is -2.02.